The van der Waals surface area contributed by atoms with Gasteiger partial charge in [-0.05, 0) is 67.3 Å². The van der Waals surface area contributed by atoms with Gasteiger partial charge in [0.15, 0.2) is 0 Å². The van der Waals surface area contributed by atoms with Gasteiger partial charge in [0.2, 0.25) is 11.8 Å². The summed E-state index contributed by atoms with van der Waals surface area (Å²) in [5, 5.41) is 3.20. The number of aryl methyl sites for hydroxylation is 1. The van der Waals surface area contributed by atoms with Crippen molar-refractivity contribution in [1.82, 2.24) is 10.2 Å². The summed E-state index contributed by atoms with van der Waals surface area (Å²) in [7, 11) is -1.16. The van der Waals surface area contributed by atoms with Gasteiger partial charge in [-0.2, -0.15) is 0 Å². The number of amides is 2. The van der Waals surface area contributed by atoms with Crippen LogP contribution in [0.15, 0.2) is 108 Å². The van der Waals surface area contributed by atoms with Gasteiger partial charge in [-0.25, -0.2) is 8.42 Å². The van der Waals surface area contributed by atoms with Crippen molar-refractivity contribution in [2.75, 3.05) is 25.1 Å². The molecule has 0 aromatic heterocycles. The quantitative estimate of drug-likeness (QED) is 0.179. The lowest BCUT2D eigenvalue weighted by molar-refractivity contribution is -0.140. The molecule has 0 spiro atoms. The first kappa shape index (κ1) is 34.5. The maximum Gasteiger partial charge on any atom is 0.264 e. The fraction of sp³-hybridized carbons (Fsp3) is 0.316. The lowest BCUT2D eigenvalue weighted by Gasteiger charge is -2.34. The van der Waals surface area contributed by atoms with E-state index in [-0.39, 0.29) is 35.5 Å². The fourth-order valence-corrected chi connectivity index (χ4v) is 7.43. The van der Waals surface area contributed by atoms with Gasteiger partial charge in [0.05, 0.1) is 24.8 Å². The third kappa shape index (κ3) is 8.55. The fourth-order valence-electron chi connectivity index (χ4n) is 6.02. The molecule has 48 heavy (non-hydrogen) atoms. The summed E-state index contributed by atoms with van der Waals surface area (Å²) >= 11 is 0. The van der Waals surface area contributed by atoms with Crippen LogP contribution in [0, 0.1) is 6.92 Å². The van der Waals surface area contributed by atoms with Gasteiger partial charge >= 0.3 is 0 Å². The van der Waals surface area contributed by atoms with Gasteiger partial charge in [0.1, 0.15) is 24.1 Å². The Morgan fingerprint density at radius 2 is 1.44 bits per heavy atom. The number of anilines is 1. The number of rotatable bonds is 14. The highest BCUT2D eigenvalue weighted by molar-refractivity contribution is 7.92. The summed E-state index contributed by atoms with van der Waals surface area (Å²) in [5.41, 5.74) is 2.78. The summed E-state index contributed by atoms with van der Waals surface area (Å²) in [6, 6.07) is 29.1. The van der Waals surface area contributed by atoms with E-state index >= 15 is 0 Å². The Bertz CT molecular complexity index is 1790. The lowest BCUT2D eigenvalue weighted by atomic mass is 10.0. The van der Waals surface area contributed by atoms with Crippen LogP contribution in [0.1, 0.15) is 42.4 Å². The summed E-state index contributed by atoms with van der Waals surface area (Å²) in [6.07, 6.45) is 4.08. The number of hydrogen-bond donors (Lipinski definition) is 1. The van der Waals surface area contributed by atoms with Crippen LogP contribution in [-0.4, -0.2) is 58.0 Å². The van der Waals surface area contributed by atoms with Crippen molar-refractivity contribution < 1.29 is 27.5 Å². The number of carbonyl (C=O) groups is 2. The zero-order valence-corrected chi connectivity index (χ0v) is 28.5. The lowest BCUT2D eigenvalue weighted by Crippen LogP contribution is -2.54. The molecule has 2 amide bonds. The van der Waals surface area contributed by atoms with Crippen molar-refractivity contribution in [2.24, 2.45) is 0 Å². The smallest absolute Gasteiger partial charge is 0.264 e. The van der Waals surface area contributed by atoms with E-state index in [9.17, 15) is 18.0 Å². The molecule has 4 aromatic carbocycles. The maximum atomic E-state index is 14.7. The SMILES string of the molecule is COc1cccc(CN(C(=O)CN(c2cccc(OC)c2)S(=O)(=O)c2ccc(C)cc2)[C@@H](Cc2ccccc2)C(=O)NC2CCCC2)c1. The zero-order valence-electron chi connectivity index (χ0n) is 27.7. The molecule has 1 aliphatic carbocycles. The number of nitrogens with zero attached hydrogens (tertiary/aromatic N) is 2. The Labute approximate surface area is 283 Å². The van der Waals surface area contributed by atoms with Gasteiger partial charge in [0.25, 0.3) is 10.0 Å². The minimum atomic E-state index is -4.22. The molecule has 9 nitrogen and oxygen atoms in total. The van der Waals surface area contributed by atoms with E-state index in [4.69, 9.17) is 9.47 Å². The largest absolute Gasteiger partial charge is 0.497 e. The molecule has 10 heteroatoms. The number of hydrogen-bond acceptors (Lipinski definition) is 6. The van der Waals surface area contributed by atoms with Crippen LogP contribution in [-0.2, 0) is 32.6 Å². The van der Waals surface area contributed by atoms with E-state index in [2.05, 4.69) is 5.32 Å². The average Bonchev–Trinajstić information content (AvgIpc) is 3.62. The van der Waals surface area contributed by atoms with Crippen molar-refractivity contribution >= 4 is 27.5 Å². The topological polar surface area (TPSA) is 105 Å². The highest BCUT2D eigenvalue weighted by Gasteiger charge is 2.35. The highest BCUT2D eigenvalue weighted by Crippen LogP contribution is 2.28. The number of carbonyl (C=O) groups excluding carboxylic acids is 2. The zero-order chi connectivity index (χ0) is 34.1. The number of sulfonamides is 1. The molecular formula is C38H43N3O6S. The van der Waals surface area contributed by atoms with Crippen LogP contribution in [0.25, 0.3) is 0 Å². The standard InChI is InChI=1S/C38H43N3O6S/c1-28-19-21-35(22-20-28)48(44,45)41(32-16-10-18-34(25-32)47-3)27-37(42)40(26-30-13-9-17-33(23-30)46-2)36(24-29-11-5-4-6-12-29)38(43)39-31-14-7-8-15-31/h4-6,9-13,16-23,25,31,36H,7-8,14-15,24,26-27H2,1-3H3,(H,39,43)/t36-/m0/s1. The number of methoxy groups -OCH3 is 2. The third-order valence-electron chi connectivity index (χ3n) is 8.69. The van der Waals surface area contributed by atoms with Crippen LogP contribution >= 0.6 is 0 Å². The monoisotopic (exact) mass is 669 g/mol. The van der Waals surface area contributed by atoms with E-state index in [1.807, 2.05) is 61.5 Å². The first-order valence-corrected chi connectivity index (χ1v) is 17.6. The average molecular weight is 670 g/mol. The summed E-state index contributed by atoms with van der Waals surface area (Å²) in [6.45, 7) is 1.39. The summed E-state index contributed by atoms with van der Waals surface area (Å²) in [4.78, 5) is 30.4. The van der Waals surface area contributed by atoms with Crippen molar-refractivity contribution in [3.63, 3.8) is 0 Å². The Morgan fingerprint density at radius 3 is 2.10 bits per heavy atom. The second-order valence-electron chi connectivity index (χ2n) is 12.1. The summed E-state index contributed by atoms with van der Waals surface area (Å²) < 4.78 is 40.5. The highest BCUT2D eigenvalue weighted by atomic mass is 32.2. The molecule has 252 valence electrons. The first-order valence-electron chi connectivity index (χ1n) is 16.2. The molecule has 4 aromatic rings. The van der Waals surface area contributed by atoms with Crippen molar-refractivity contribution in [3.8, 4) is 11.5 Å². The van der Waals surface area contributed by atoms with E-state index in [0.717, 1.165) is 46.7 Å². The Balaban J connectivity index is 1.58. The molecule has 0 aliphatic heterocycles. The first-order chi connectivity index (χ1) is 23.2. The number of nitrogens with one attached hydrogen (secondary N) is 1. The van der Waals surface area contributed by atoms with Crippen molar-refractivity contribution in [3.05, 3.63) is 120 Å². The molecular weight excluding hydrogens is 627 g/mol. The Morgan fingerprint density at radius 1 is 0.812 bits per heavy atom. The minimum absolute atomic E-state index is 0.0275. The van der Waals surface area contributed by atoms with Crippen LogP contribution in [0.5, 0.6) is 11.5 Å². The predicted octanol–water partition coefficient (Wildman–Crippen LogP) is 5.91. The van der Waals surface area contributed by atoms with E-state index in [1.165, 1.54) is 24.1 Å². The molecule has 0 heterocycles. The van der Waals surface area contributed by atoms with E-state index in [1.54, 1.807) is 43.5 Å². The normalized spacial score (nSPS) is 13.8. The molecule has 0 unspecified atom stereocenters. The predicted molar refractivity (Wildman–Crippen MR) is 187 cm³/mol. The van der Waals surface area contributed by atoms with Gasteiger partial charge in [-0.15, -0.1) is 0 Å². The molecule has 1 saturated carbocycles. The van der Waals surface area contributed by atoms with Gasteiger partial charge < -0.3 is 19.7 Å². The Hall–Kier alpha value is -4.83. The number of benzene rings is 4. The van der Waals surface area contributed by atoms with Crippen LogP contribution in [0.2, 0.25) is 0 Å². The van der Waals surface area contributed by atoms with Crippen LogP contribution < -0.4 is 19.1 Å². The van der Waals surface area contributed by atoms with Crippen molar-refractivity contribution in [2.45, 2.75) is 62.6 Å². The Kier molecular flexibility index (Phi) is 11.4. The molecule has 1 aliphatic rings. The third-order valence-corrected chi connectivity index (χ3v) is 10.5. The van der Waals surface area contributed by atoms with Gasteiger partial charge in [-0.3, -0.25) is 13.9 Å². The second kappa shape index (κ2) is 15.8. The number of ether oxygens (including phenoxy) is 2. The van der Waals surface area contributed by atoms with E-state index in [0.29, 0.717) is 11.5 Å². The maximum absolute atomic E-state index is 14.7. The van der Waals surface area contributed by atoms with Gasteiger partial charge in [-0.1, -0.05) is 79.1 Å². The molecule has 1 fully saturated rings. The second-order valence-corrected chi connectivity index (χ2v) is 14.0. The molecule has 1 N–H and O–H groups in total. The molecule has 5 rings (SSSR count). The molecule has 1 atom stereocenters. The van der Waals surface area contributed by atoms with Gasteiger partial charge in [0, 0.05) is 25.1 Å². The van der Waals surface area contributed by atoms with E-state index < -0.39 is 28.5 Å². The molecule has 0 radical (unpaired) electrons. The summed E-state index contributed by atoms with van der Waals surface area (Å²) in [5.74, 6) is 0.250. The minimum Gasteiger partial charge on any atom is -0.497 e. The molecule has 0 saturated heterocycles. The van der Waals surface area contributed by atoms with Crippen LogP contribution in [0.4, 0.5) is 5.69 Å². The van der Waals surface area contributed by atoms with Crippen molar-refractivity contribution in [1.29, 1.82) is 0 Å². The van der Waals surface area contributed by atoms with Crippen LogP contribution in [0.3, 0.4) is 0 Å². The molecule has 0 bridgehead atoms.